The van der Waals surface area contributed by atoms with Gasteiger partial charge in [0.05, 0.1) is 30.3 Å². The van der Waals surface area contributed by atoms with Gasteiger partial charge in [-0.3, -0.25) is 9.69 Å². The number of imide groups is 1. The summed E-state index contributed by atoms with van der Waals surface area (Å²) in [6, 6.07) is 15.0. The Kier molecular flexibility index (Phi) is 4.94. The Morgan fingerprint density at radius 2 is 1.88 bits per heavy atom. The number of benzene rings is 2. The third kappa shape index (κ3) is 3.70. The second-order valence-electron chi connectivity index (χ2n) is 5.68. The third-order valence-electron chi connectivity index (χ3n) is 3.96. The van der Waals surface area contributed by atoms with E-state index in [1.807, 2.05) is 0 Å². The van der Waals surface area contributed by atoms with Crippen molar-refractivity contribution in [1.82, 2.24) is 10.2 Å². The number of nitriles is 1. The average molecular weight is 349 g/mol. The maximum absolute atomic E-state index is 12.1. The topological polar surface area (TPSA) is 99.5 Å². The molecule has 7 nitrogen and oxygen atoms in total. The van der Waals surface area contributed by atoms with E-state index < -0.39 is 12.0 Å². The molecule has 2 aromatic carbocycles. The molecule has 0 atom stereocenters. The largest absolute Gasteiger partial charge is 0.457 e. The standard InChI is InChI=1S/C19H15N3O4/c20-9-15-3-1-2-4-16(15)12-26-18(24)14-7-5-13(6-8-14)11-22-17(23)10-21-19(22)25/h1-8H,10-12H2,(H,21,25). The van der Waals surface area contributed by atoms with Gasteiger partial charge in [0.1, 0.15) is 6.61 Å². The zero-order valence-electron chi connectivity index (χ0n) is 13.8. The number of esters is 1. The molecule has 1 fully saturated rings. The fourth-order valence-electron chi connectivity index (χ4n) is 2.53. The normalized spacial score (nSPS) is 13.3. The quantitative estimate of drug-likeness (QED) is 0.657. The van der Waals surface area contributed by atoms with Crippen LogP contribution in [0, 0.1) is 11.3 Å². The smallest absolute Gasteiger partial charge is 0.338 e. The molecule has 0 bridgehead atoms. The summed E-state index contributed by atoms with van der Waals surface area (Å²) in [5, 5.41) is 11.5. The number of nitrogens with zero attached hydrogens (tertiary/aromatic N) is 2. The zero-order valence-corrected chi connectivity index (χ0v) is 13.8. The summed E-state index contributed by atoms with van der Waals surface area (Å²) in [6.45, 7) is 0.162. The SMILES string of the molecule is N#Cc1ccccc1COC(=O)c1ccc(CN2C(=O)CNC2=O)cc1. The second kappa shape index (κ2) is 7.49. The fraction of sp³-hybridized carbons (Fsp3) is 0.158. The molecule has 1 N–H and O–H groups in total. The van der Waals surface area contributed by atoms with Gasteiger partial charge < -0.3 is 10.1 Å². The predicted octanol–water partition coefficient (Wildman–Crippen LogP) is 1.97. The Balaban J connectivity index is 1.61. The number of carbonyl (C=O) groups is 3. The van der Waals surface area contributed by atoms with E-state index >= 15 is 0 Å². The lowest BCUT2D eigenvalue weighted by Gasteiger charge is -2.12. The van der Waals surface area contributed by atoms with Gasteiger partial charge in [0.2, 0.25) is 5.91 Å². The minimum atomic E-state index is -0.515. The Bertz CT molecular complexity index is 884. The summed E-state index contributed by atoms with van der Waals surface area (Å²) >= 11 is 0. The lowest BCUT2D eigenvalue weighted by Crippen LogP contribution is -2.30. The van der Waals surface area contributed by atoms with Gasteiger partial charge in [-0.25, -0.2) is 9.59 Å². The molecular weight excluding hydrogens is 334 g/mol. The minimum Gasteiger partial charge on any atom is -0.457 e. The summed E-state index contributed by atoms with van der Waals surface area (Å²) < 4.78 is 5.25. The molecular formula is C19H15N3O4. The van der Waals surface area contributed by atoms with Gasteiger partial charge in [-0.05, 0) is 23.8 Å². The first-order chi connectivity index (χ1) is 12.6. The Morgan fingerprint density at radius 3 is 2.54 bits per heavy atom. The molecule has 1 aliphatic heterocycles. The van der Waals surface area contributed by atoms with Crippen LogP contribution >= 0.6 is 0 Å². The Hall–Kier alpha value is -3.66. The number of hydrogen-bond acceptors (Lipinski definition) is 5. The van der Waals surface area contributed by atoms with Gasteiger partial charge in [-0.2, -0.15) is 5.26 Å². The first-order valence-corrected chi connectivity index (χ1v) is 7.91. The summed E-state index contributed by atoms with van der Waals surface area (Å²) in [4.78, 5) is 36.4. The molecule has 3 amide bonds. The molecule has 0 unspecified atom stereocenters. The van der Waals surface area contributed by atoms with Gasteiger partial charge in [-0.1, -0.05) is 30.3 Å². The van der Waals surface area contributed by atoms with E-state index in [4.69, 9.17) is 10.00 Å². The van der Waals surface area contributed by atoms with Crippen molar-refractivity contribution in [3.05, 3.63) is 70.8 Å². The van der Waals surface area contributed by atoms with Crippen molar-refractivity contribution in [3.63, 3.8) is 0 Å². The van der Waals surface area contributed by atoms with Gasteiger partial charge in [0.15, 0.2) is 0 Å². The lowest BCUT2D eigenvalue weighted by atomic mass is 10.1. The maximum Gasteiger partial charge on any atom is 0.338 e. The number of rotatable bonds is 5. The zero-order chi connectivity index (χ0) is 18.5. The molecule has 7 heteroatoms. The molecule has 0 aliphatic carbocycles. The van der Waals surface area contributed by atoms with E-state index in [1.165, 1.54) is 0 Å². The molecule has 1 heterocycles. The molecule has 0 radical (unpaired) electrons. The van der Waals surface area contributed by atoms with E-state index in [-0.39, 0.29) is 25.6 Å². The molecule has 26 heavy (non-hydrogen) atoms. The van der Waals surface area contributed by atoms with Gasteiger partial charge in [0, 0.05) is 5.56 Å². The first kappa shape index (κ1) is 17.2. The van der Waals surface area contributed by atoms with Crippen LogP contribution < -0.4 is 5.32 Å². The van der Waals surface area contributed by atoms with Crippen molar-refractivity contribution >= 4 is 17.9 Å². The van der Waals surface area contributed by atoms with Crippen LogP contribution in [0.25, 0.3) is 0 Å². The monoisotopic (exact) mass is 349 g/mol. The van der Waals surface area contributed by atoms with Crippen LogP contribution in [0.2, 0.25) is 0 Å². The number of carbonyl (C=O) groups excluding carboxylic acids is 3. The van der Waals surface area contributed by atoms with E-state index in [0.717, 1.165) is 10.5 Å². The Labute approximate surface area is 149 Å². The molecule has 0 spiro atoms. The van der Waals surface area contributed by atoms with Crippen molar-refractivity contribution in [2.24, 2.45) is 0 Å². The summed E-state index contributed by atoms with van der Waals surface area (Å²) in [5.41, 5.74) is 2.17. The van der Waals surface area contributed by atoms with Crippen LogP contribution in [0.1, 0.15) is 27.0 Å². The molecule has 0 saturated carbocycles. The number of urea groups is 1. The molecule has 130 valence electrons. The molecule has 3 rings (SSSR count). The molecule has 0 aromatic heterocycles. The number of hydrogen-bond donors (Lipinski definition) is 1. The number of nitrogens with one attached hydrogen (secondary N) is 1. The highest BCUT2D eigenvalue weighted by molar-refractivity contribution is 6.01. The van der Waals surface area contributed by atoms with E-state index in [0.29, 0.717) is 16.7 Å². The molecule has 1 aliphatic rings. The number of ether oxygens (including phenoxy) is 1. The van der Waals surface area contributed by atoms with Crippen LogP contribution in [0.3, 0.4) is 0 Å². The van der Waals surface area contributed by atoms with Crippen LogP contribution in [0.5, 0.6) is 0 Å². The van der Waals surface area contributed by atoms with Crippen LogP contribution in [0.15, 0.2) is 48.5 Å². The fourth-order valence-corrected chi connectivity index (χ4v) is 2.53. The second-order valence-corrected chi connectivity index (χ2v) is 5.68. The van der Waals surface area contributed by atoms with Crippen LogP contribution in [-0.4, -0.2) is 29.4 Å². The van der Waals surface area contributed by atoms with Crippen LogP contribution in [-0.2, 0) is 22.7 Å². The van der Waals surface area contributed by atoms with Crippen molar-refractivity contribution in [2.45, 2.75) is 13.2 Å². The first-order valence-electron chi connectivity index (χ1n) is 7.91. The highest BCUT2D eigenvalue weighted by Gasteiger charge is 2.28. The number of amides is 3. The highest BCUT2D eigenvalue weighted by atomic mass is 16.5. The minimum absolute atomic E-state index is 0.00672. The van der Waals surface area contributed by atoms with Crippen molar-refractivity contribution in [2.75, 3.05) is 6.54 Å². The van der Waals surface area contributed by atoms with Gasteiger partial charge in [0.25, 0.3) is 0 Å². The average Bonchev–Trinajstić information content (AvgIpc) is 2.99. The van der Waals surface area contributed by atoms with Crippen molar-refractivity contribution < 1.29 is 19.1 Å². The summed E-state index contributed by atoms with van der Waals surface area (Å²) in [6.07, 6.45) is 0. The van der Waals surface area contributed by atoms with Gasteiger partial charge >= 0.3 is 12.0 Å². The Morgan fingerprint density at radius 1 is 1.15 bits per heavy atom. The van der Waals surface area contributed by atoms with E-state index in [9.17, 15) is 14.4 Å². The maximum atomic E-state index is 12.1. The van der Waals surface area contributed by atoms with E-state index in [2.05, 4.69) is 11.4 Å². The lowest BCUT2D eigenvalue weighted by molar-refractivity contribution is -0.125. The predicted molar refractivity (Wildman–Crippen MR) is 90.7 cm³/mol. The molecule has 1 saturated heterocycles. The summed E-state index contributed by atoms with van der Waals surface area (Å²) in [7, 11) is 0. The third-order valence-corrected chi connectivity index (χ3v) is 3.96. The molecule has 2 aromatic rings. The van der Waals surface area contributed by atoms with Crippen molar-refractivity contribution in [3.8, 4) is 6.07 Å². The van der Waals surface area contributed by atoms with E-state index in [1.54, 1.807) is 48.5 Å². The van der Waals surface area contributed by atoms with Crippen molar-refractivity contribution in [1.29, 1.82) is 5.26 Å². The van der Waals surface area contributed by atoms with Gasteiger partial charge in [-0.15, -0.1) is 0 Å². The van der Waals surface area contributed by atoms with Crippen LogP contribution in [0.4, 0.5) is 4.79 Å². The highest BCUT2D eigenvalue weighted by Crippen LogP contribution is 2.13. The summed E-state index contributed by atoms with van der Waals surface area (Å²) in [5.74, 6) is -0.797.